The number of amides is 1. The Morgan fingerprint density at radius 1 is 1.32 bits per heavy atom. The van der Waals surface area contributed by atoms with Gasteiger partial charge in [-0.05, 0) is 24.8 Å². The molecule has 0 saturated carbocycles. The Kier molecular flexibility index (Phi) is 3.11. The quantitative estimate of drug-likeness (QED) is 0.782. The number of hydrogen-bond donors (Lipinski definition) is 0. The Labute approximate surface area is 111 Å². The minimum absolute atomic E-state index is 0.0478. The molecule has 0 bridgehead atoms. The largest absolute Gasteiger partial charge is 0.338 e. The molecule has 2 aromatic rings. The average molecular weight is 256 g/mol. The highest BCUT2D eigenvalue weighted by molar-refractivity contribution is 5.96. The van der Waals surface area contributed by atoms with Crippen molar-refractivity contribution in [3.63, 3.8) is 0 Å². The van der Waals surface area contributed by atoms with Gasteiger partial charge in [0, 0.05) is 31.7 Å². The number of rotatable bonds is 1. The Hall–Kier alpha value is -2.04. The summed E-state index contributed by atoms with van der Waals surface area (Å²) in [5, 5.41) is 0. The molecule has 0 radical (unpaired) electrons. The van der Waals surface area contributed by atoms with Gasteiger partial charge in [0.25, 0.3) is 5.91 Å². The third-order valence-electron chi connectivity index (χ3n) is 3.52. The van der Waals surface area contributed by atoms with Crippen LogP contribution in [0.2, 0.25) is 0 Å². The SMILES string of the molecule is CC1CCCN(C(=O)c2cnc3nccnc3c2)C1. The van der Waals surface area contributed by atoms with Gasteiger partial charge in [0.1, 0.15) is 5.52 Å². The summed E-state index contributed by atoms with van der Waals surface area (Å²) >= 11 is 0. The third-order valence-corrected chi connectivity index (χ3v) is 3.52. The van der Waals surface area contributed by atoms with Crippen molar-refractivity contribution in [2.75, 3.05) is 13.1 Å². The summed E-state index contributed by atoms with van der Waals surface area (Å²) in [6, 6.07) is 1.77. The highest BCUT2D eigenvalue weighted by Crippen LogP contribution is 2.18. The molecule has 98 valence electrons. The predicted octanol–water partition coefficient (Wildman–Crippen LogP) is 1.90. The lowest BCUT2D eigenvalue weighted by Gasteiger charge is -2.30. The lowest BCUT2D eigenvalue weighted by atomic mass is 10.00. The highest BCUT2D eigenvalue weighted by Gasteiger charge is 2.22. The standard InChI is InChI=1S/C14H16N4O/c1-10-3-2-6-18(9-10)14(19)11-7-12-13(17-8-11)16-5-4-15-12/h4-5,7-8,10H,2-3,6,9H2,1H3. The summed E-state index contributed by atoms with van der Waals surface area (Å²) in [5.74, 6) is 0.623. The van der Waals surface area contributed by atoms with Crippen LogP contribution >= 0.6 is 0 Å². The van der Waals surface area contributed by atoms with E-state index in [1.807, 2.05) is 4.90 Å². The van der Waals surface area contributed by atoms with Gasteiger partial charge in [-0.3, -0.25) is 9.78 Å². The number of nitrogens with zero attached hydrogens (tertiary/aromatic N) is 4. The van der Waals surface area contributed by atoms with Gasteiger partial charge < -0.3 is 4.90 Å². The van der Waals surface area contributed by atoms with Gasteiger partial charge in [-0.1, -0.05) is 6.92 Å². The minimum Gasteiger partial charge on any atom is -0.338 e. The van der Waals surface area contributed by atoms with E-state index in [-0.39, 0.29) is 5.91 Å². The van der Waals surface area contributed by atoms with Crippen LogP contribution < -0.4 is 0 Å². The van der Waals surface area contributed by atoms with Crippen LogP contribution in [0.4, 0.5) is 0 Å². The number of fused-ring (bicyclic) bond motifs is 1. The molecule has 1 amide bonds. The van der Waals surface area contributed by atoms with Crippen LogP contribution in [0.15, 0.2) is 24.7 Å². The fourth-order valence-electron chi connectivity index (χ4n) is 2.53. The Bertz CT molecular complexity index is 613. The molecule has 1 unspecified atom stereocenters. The summed E-state index contributed by atoms with van der Waals surface area (Å²) in [5.41, 5.74) is 1.84. The van der Waals surface area contributed by atoms with Gasteiger partial charge in [-0.2, -0.15) is 0 Å². The molecule has 0 aliphatic carbocycles. The molecule has 1 saturated heterocycles. The van der Waals surface area contributed by atoms with Crippen molar-refractivity contribution in [3.8, 4) is 0 Å². The first-order valence-corrected chi connectivity index (χ1v) is 6.60. The lowest BCUT2D eigenvalue weighted by molar-refractivity contribution is 0.0683. The van der Waals surface area contributed by atoms with Crippen molar-refractivity contribution < 1.29 is 4.79 Å². The molecule has 1 aliphatic heterocycles. The van der Waals surface area contributed by atoms with Crippen LogP contribution in [0.1, 0.15) is 30.1 Å². The average Bonchev–Trinajstić information content (AvgIpc) is 2.46. The Morgan fingerprint density at radius 2 is 2.16 bits per heavy atom. The zero-order valence-electron chi connectivity index (χ0n) is 10.9. The van der Waals surface area contributed by atoms with E-state index in [0.717, 1.165) is 19.5 Å². The number of likely N-dealkylation sites (tertiary alicyclic amines) is 1. The van der Waals surface area contributed by atoms with Crippen LogP contribution in [0, 0.1) is 5.92 Å². The Balaban J connectivity index is 1.88. The molecule has 3 heterocycles. The van der Waals surface area contributed by atoms with Gasteiger partial charge >= 0.3 is 0 Å². The third kappa shape index (κ3) is 2.41. The molecular formula is C14H16N4O. The highest BCUT2D eigenvalue weighted by atomic mass is 16.2. The van der Waals surface area contributed by atoms with Crippen LogP contribution in [-0.4, -0.2) is 38.8 Å². The Morgan fingerprint density at radius 3 is 3.00 bits per heavy atom. The van der Waals surface area contributed by atoms with Gasteiger partial charge in [0.05, 0.1) is 5.56 Å². The van der Waals surface area contributed by atoms with Gasteiger partial charge in [-0.25, -0.2) is 9.97 Å². The normalized spacial score (nSPS) is 19.6. The van der Waals surface area contributed by atoms with E-state index in [1.165, 1.54) is 6.42 Å². The van der Waals surface area contributed by atoms with Crippen molar-refractivity contribution in [1.82, 2.24) is 19.9 Å². The second-order valence-electron chi connectivity index (χ2n) is 5.12. The van der Waals surface area contributed by atoms with Crippen LogP contribution in [0.25, 0.3) is 11.2 Å². The fourth-order valence-corrected chi connectivity index (χ4v) is 2.53. The molecule has 5 nitrogen and oxygen atoms in total. The first kappa shape index (κ1) is 12.0. The van der Waals surface area contributed by atoms with Crippen molar-refractivity contribution in [2.24, 2.45) is 5.92 Å². The summed E-state index contributed by atoms with van der Waals surface area (Å²) in [7, 11) is 0. The maximum Gasteiger partial charge on any atom is 0.255 e. The van der Waals surface area contributed by atoms with Crippen molar-refractivity contribution >= 4 is 17.1 Å². The molecule has 1 aliphatic rings. The van der Waals surface area contributed by atoms with E-state index >= 15 is 0 Å². The zero-order chi connectivity index (χ0) is 13.2. The van der Waals surface area contributed by atoms with Crippen molar-refractivity contribution in [2.45, 2.75) is 19.8 Å². The van der Waals surface area contributed by atoms with E-state index in [4.69, 9.17) is 0 Å². The van der Waals surface area contributed by atoms with Crippen LogP contribution in [-0.2, 0) is 0 Å². The number of carbonyl (C=O) groups excluding carboxylic acids is 1. The fraction of sp³-hybridized carbons (Fsp3) is 0.429. The maximum atomic E-state index is 12.4. The second-order valence-corrected chi connectivity index (χ2v) is 5.12. The lowest BCUT2D eigenvalue weighted by Crippen LogP contribution is -2.39. The van der Waals surface area contributed by atoms with E-state index in [9.17, 15) is 4.79 Å². The van der Waals surface area contributed by atoms with E-state index < -0.39 is 0 Å². The monoisotopic (exact) mass is 256 g/mol. The summed E-state index contributed by atoms with van der Waals surface area (Å²) in [6.45, 7) is 3.85. The molecule has 0 aromatic carbocycles. The first-order valence-electron chi connectivity index (χ1n) is 6.60. The van der Waals surface area contributed by atoms with E-state index in [2.05, 4.69) is 21.9 Å². The maximum absolute atomic E-state index is 12.4. The van der Waals surface area contributed by atoms with E-state index in [1.54, 1.807) is 24.7 Å². The van der Waals surface area contributed by atoms with Gasteiger partial charge in [0.15, 0.2) is 5.65 Å². The van der Waals surface area contributed by atoms with E-state index in [0.29, 0.717) is 22.6 Å². The zero-order valence-corrected chi connectivity index (χ0v) is 10.9. The molecule has 0 N–H and O–H groups in total. The second kappa shape index (κ2) is 4.91. The van der Waals surface area contributed by atoms with Crippen LogP contribution in [0.5, 0.6) is 0 Å². The molecule has 0 spiro atoms. The molecule has 19 heavy (non-hydrogen) atoms. The summed E-state index contributed by atoms with van der Waals surface area (Å²) in [4.78, 5) is 26.8. The molecule has 5 heteroatoms. The van der Waals surface area contributed by atoms with Crippen LogP contribution in [0.3, 0.4) is 0 Å². The smallest absolute Gasteiger partial charge is 0.255 e. The summed E-state index contributed by atoms with van der Waals surface area (Å²) < 4.78 is 0. The number of pyridine rings is 1. The summed E-state index contributed by atoms with van der Waals surface area (Å²) in [6.07, 6.45) is 7.09. The minimum atomic E-state index is 0.0478. The topological polar surface area (TPSA) is 59.0 Å². The number of aromatic nitrogens is 3. The molecule has 2 aromatic heterocycles. The molecule has 1 atom stereocenters. The predicted molar refractivity (Wildman–Crippen MR) is 71.6 cm³/mol. The first-order chi connectivity index (χ1) is 9.24. The molecule has 3 rings (SSSR count). The van der Waals surface area contributed by atoms with Gasteiger partial charge in [-0.15, -0.1) is 0 Å². The number of piperidine rings is 1. The van der Waals surface area contributed by atoms with Crippen molar-refractivity contribution in [1.29, 1.82) is 0 Å². The van der Waals surface area contributed by atoms with Crippen molar-refractivity contribution in [3.05, 3.63) is 30.2 Å². The molecular weight excluding hydrogens is 240 g/mol. The number of carbonyl (C=O) groups is 1. The molecule has 1 fully saturated rings. The van der Waals surface area contributed by atoms with Gasteiger partial charge in [0.2, 0.25) is 0 Å². The number of hydrogen-bond acceptors (Lipinski definition) is 4.